The van der Waals surface area contributed by atoms with Crippen LogP contribution >= 0.6 is 0 Å². The predicted octanol–water partition coefficient (Wildman–Crippen LogP) is 1.95. The molecule has 0 aliphatic carbocycles. The Balaban J connectivity index is 1.97. The van der Waals surface area contributed by atoms with Gasteiger partial charge in [0.15, 0.2) is 11.5 Å². The van der Waals surface area contributed by atoms with Crippen molar-refractivity contribution in [1.82, 2.24) is 5.32 Å². The Hall–Kier alpha value is -1.26. The molecule has 0 fully saturated rings. The molecule has 1 atom stereocenters. The van der Waals surface area contributed by atoms with Gasteiger partial charge in [-0.1, -0.05) is 26.0 Å². The molecule has 1 aromatic carbocycles. The Labute approximate surface area is 114 Å². The number of ether oxygens (including phenoxy) is 2. The van der Waals surface area contributed by atoms with Crippen LogP contribution in [0.15, 0.2) is 18.2 Å². The summed E-state index contributed by atoms with van der Waals surface area (Å²) in [5, 5.41) is 13.5. The number of benzene rings is 1. The van der Waals surface area contributed by atoms with E-state index in [1.807, 2.05) is 39.0 Å². The van der Waals surface area contributed by atoms with E-state index < -0.39 is 5.60 Å². The lowest BCUT2D eigenvalue weighted by Crippen LogP contribution is -2.42. The summed E-state index contributed by atoms with van der Waals surface area (Å²) in [6, 6.07) is 5.90. The average Bonchev–Trinajstić information content (AvgIpc) is 2.38. The van der Waals surface area contributed by atoms with Crippen LogP contribution in [0, 0.1) is 5.92 Å². The second-order valence-electron chi connectivity index (χ2n) is 5.56. The van der Waals surface area contributed by atoms with Crippen molar-refractivity contribution in [3.05, 3.63) is 23.8 Å². The van der Waals surface area contributed by atoms with Gasteiger partial charge in [0.2, 0.25) is 0 Å². The molecule has 2 N–H and O–H groups in total. The van der Waals surface area contributed by atoms with Crippen LogP contribution in [0.1, 0.15) is 26.3 Å². The van der Waals surface area contributed by atoms with Crippen LogP contribution in [0.2, 0.25) is 0 Å². The summed E-state index contributed by atoms with van der Waals surface area (Å²) < 4.78 is 11.2. The molecule has 0 aromatic heterocycles. The Morgan fingerprint density at radius 3 is 2.79 bits per heavy atom. The van der Waals surface area contributed by atoms with Crippen molar-refractivity contribution in [2.24, 2.45) is 5.92 Å². The summed E-state index contributed by atoms with van der Waals surface area (Å²) in [6.07, 6.45) is 0. The fourth-order valence-corrected chi connectivity index (χ4v) is 1.93. The molecule has 4 heteroatoms. The van der Waals surface area contributed by atoms with Crippen molar-refractivity contribution < 1.29 is 14.6 Å². The van der Waals surface area contributed by atoms with Crippen LogP contribution in [0.4, 0.5) is 0 Å². The minimum atomic E-state index is -0.702. The zero-order valence-electron chi connectivity index (χ0n) is 11.9. The maximum atomic E-state index is 10.2. The monoisotopic (exact) mass is 265 g/mol. The van der Waals surface area contributed by atoms with Crippen molar-refractivity contribution in [2.45, 2.75) is 32.9 Å². The molecule has 19 heavy (non-hydrogen) atoms. The number of hydrogen-bond donors (Lipinski definition) is 2. The molecular formula is C15H23NO3. The fourth-order valence-electron chi connectivity index (χ4n) is 1.93. The second-order valence-corrected chi connectivity index (χ2v) is 5.56. The molecule has 0 saturated carbocycles. The van der Waals surface area contributed by atoms with E-state index in [-0.39, 0.29) is 5.92 Å². The smallest absolute Gasteiger partial charge is 0.165 e. The summed E-state index contributed by atoms with van der Waals surface area (Å²) in [5.74, 6) is 1.84. The number of fused-ring (bicyclic) bond motifs is 1. The topological polar surface area (TPSA) is 50.7 Å². The Kier molecular flexibility index (Phi) is 4.32. The van der Waals surface area contributed by atoms with E-state index >= 15 is 0 Å². The molecule has 2 rings (SSSR count). The standard InChI is InChI=1S/C15H23NO3/c1-11(2)15(3,17)10-16-9-12-5-4-6-13-14(12)19-8-7-18-13/h4-6,11,16-17H,7-10H2,1-3H3. The number of hydrogen-bond acceptors (Lipinski definition) is 4. The third-order valence-corrected chi connectivity index (χ3v) is 3.69. The van der Waals surface area contributed by atoms with Gasteiger partial charge in [0.25, 0.3) is 0 Å². The highest BCUT2D eigenvalue weighted by Gasteiger charge is 2.24. The number of nitrogens with one attached hydrogen (secondary N) is 1. The van der Waals surface area contributed by atoms with Gasteiger partial charge in [0.1, 0.15) is 13.2 Å². The van der Waals surface area contributed by atoms with Crippen LogP contribution in [0.25, 0.3) is 0 Å². The minimum Gasteiger partial charge on any atom is -0.486 e. The highest BCUT2D eigenvalue weighted by atomic mass is 16.6. The third kappa shape index (κ3) is 3.39. The molecule has 106 valence electrons. The summed E-state index contributed by atoms with van der Waals surface area (Å²) >= 11 is 0. The molecule has 0 amide bonds. The third-order valence-electron chi connectivity index (χ3n) is 3.69. The molecule has 1 heterocycles. The van der Waals surface area contributed by atoms with Crippen LogP contribution in [0.3, 0.4) is 0 Å². The zero-order valence-corrected chi connectivity index (χ0v) is 11.9. The lowest BCUT2D eigenvalue weighted by atomic mass is 9.92. The lowest BCUT2D eigenvalue weighted by Gasteiger charge is -2.28. The maximum Gasteiger partial charge on any atom is 0.165 e. The molecule has 0 radical (unpaired) electrons. The van der Waals surface area contributed by atoms with Gasteiger partial charge in [-0.25, -0.2) is 0 Å². The van der Waals surface area contributed by atoms with Crippen LogP contribution in [-0.2, 0) is 6.54 Å². The molecule has 1 unspecified atom stereocenters. The first-order chi connectivity index (χ1) is 9.00. The van der Waals surface area contributed by atoms with Crippen molar-refractivity contribution in [1.29, 1.82) is 0 Å². The van der Waals surface area contributed by atoms with E-state index in [0.29, 0.717) is 26.3 Å². The second kappa shape index (κ2) is 5.80. The molecule has 4 nitrogen and oxygen atoms in total. The SMILES string of the molecule is CC(C)C(C)(O)CNCc1cccc2c1OCCO2. The first-order valence-electron chi connectivity index (χ1n) is 6.81. The summed E-state index contributed by atoms with van der Waals surface area (Å²) in [5.41, 5.74) is 0.364. The number of rotatable bonds is 5. The van der Waals surface area contributed by atoms with Crippen molar-refractivity contribution in [3.63, 3.8) is 0 Å². The van der Waals surface area contributed by atoms with Gasteiger partial charge < -0.3 is 19.9 Å². The van der Waals surface area contributed by atoms with E-state index in [1.54, 1.807) is 0 Å². The Morgan fingerprint density at radius 1 is 1.32 bits per heavy atom. The molecule has 0 spiro atoms. The van der Waals surface area contributed by atoms with Crippen molar-refractivity contribution in [3.8, 4) is 11.5 Å². The van der Waals surface area contributed by atoms with E-state index in [0.717, 1.165) is 17.1 Å². The quantitative estimate of drug-likeness (QED) is 0.854. The van der Waals surface area contributed by atoms with Crippen LogP contribution in [0.5, 0.6) is 11.5 Å². The van der Waals surface area contributed by atoms with Gasteiger partial charge in [-0.15, -0.1) is 0 Å². The Bertz CT molecular complexity index is 429. The maximum absolute atomic E-state index is 10.2. The van der Waals surface area contributed by atoms with Gasteiger partial charge in [-0.05, 0) is 18.9 Å². The summed E-state index contributed by atoms with van der Waals surface area (Å²) in [7, 11) is 0. The van der Waals surface area contributed by atoms with Crippen LogP contribution in [-0.4, -0.2) is 30.5 Å². The van der Waals surface area contributed by atoms with E-state index in [1.165, 1.54) is 0 Å². The van der Waals surface area contributed by atoms with E-state index in [2.05, 4.69) is 5.32 Å². The first-order valence-corrected chi connectivity index (χ1v) is 6.81. The van der Waals surface area contributed by atoms with Gasteiger partial charge >= 0.3 is 0 Å². The molecule has 1 aliphatic heterocycles. The average molecular weight is 265 g/mol. The minimum absolute atomic E-state index is 0.212. The highest BCUT2D eigenvalue weighted by Crippen LogP contribution is 2.33. The largest absolute Gasteiger partial charge is 0.486 e. The van der Waals surface area contributed by atoms with Crippen LogP contribution < -0.4 is 14.8 Å². The van der Waals surface area contributed by atoms with Gasteiger partial charge in [0.05, 0.1) is 5.60 Å². The van der Waals surface area contributed by atoms with Gasteiger partial charge in [-0.3, -0.25) is 0 Å². The zero-order chi connectivity index (χ0) is 13.9. The van der Waals surface area contributed by atoms with E-state index in [4.69, 9.17) is 9.47 Å². The molecule has 0 bridgehead atoms. The molecule has 1 aliphatic rings. The molecule has 0 saturated heterocycles. The molecular weight excluding hydrogens is 242 g/mol. The van der Waals surface area contributed by atoms with Gasteiger partial charge in [0, 0.05) is 18.7 Å². The fraction of sp³-hybridized carbons (Fsp3) is 0.600. The van der Waals surface area contributed by atoms with E-state index in [9.17, 15) is 5.11 Å². The number of aliphatic hydroxyl groups is 1. The Morgan fingerprint density at radius 2 is 2.05 bits per heavy atom. The highest BCUT2D eigenvalue weighted by molar-refractivity contribution is 5.47. The van der Waals surface area contributed by atoms with Crippen molar-refractivity contribution >= 4 is 0 Å². The summed E-state index contributed by atoms with van der Waals surface area (Å²) in [6.45, 7) is 8.29. The summed E-state index contributed by atoms with van der Waals surface area (Å²) in [4.78, 5) is 0. The number of para-hydroxylation sites is 1. The predicted molar refractivity (Wildman–Crippen MR) is 74.6 cm³/mol. The normalized spacial score (nSPS) is 17.3. The lowest BCUT2D eigenvalue weighted by molar-refractivity contribution is 0.0139. The van der Waals surface area contributed by atoms with Gasteiger partial charge in [-0.2, -0.15) is 0 Å². The molecule has 1 aromatic rings. The van der Waals surface area contributed by atoms with Crippen molar-refractivity contribution in [2.75, 3.05) is 19.8 Å². The first kappa shape index (κ1) is 14.2.